The molecule has 1 aliphatic heterocycles. The highest BCUT2D eigenvalue weighted by atomic mass is 32.2. The van der Waals surface area contributed by atoms with E-state index in [0.29, 0.717) is 6.42 Å². The van der Waals surface area contributed by atoms with Crippen molar-refractivity contribution in [2.75, 3.05) is 0 Å². The smallest absolute Gasteiger partial charge is 0.196 e. The van der Waals surface area contributed by atoms with Crippen LogP contribution in [0.1, 0.15) is 6.42 Å². The normalized spacial score (nSPS) is 20.7. The van der Waals surface area contributed by atoms with Crippen LogP contribution in [0.5, 0.6) is 0 Å². The Balaban J connectivity index is 2.79. The Bertz CT molecular complexity index is 194. The lowest BCUT2D eigenvalue weighted by molar-refractivity contribution is 0.938. The summed E-state index contributed by atoms with van der Waals surface area (Å²) in [5, 5.41) is 18.8. The molecule has 1 rings (SSSR count). The van der Waals surface area contributed by atoms with E-state index in [1.54, 1.807) is 5.41 Å². The summed E-state index contributed by atoms with van der Waals surface area (Å²) in [7, 11) is 0. The quantitative estimate of drug-likeness (QED) is 0.506. The number of rotatable bonds is 0. The molecule has 0 aromatic carbocycles. The maximum Gasteiger partial charge on any atom is 0.196 e. The lowest BCUT2D eigenvalue weighted by atomic mass is 10.1. The summed E-state index contributed by atoms with van der Waals surface area (Å²) in [6.45, 7) is 0. The van der Waals surface area contributed by atoms with Gasteiger partial charge in [-0.1, -0.05) is 17.8 Å². The highest BCUT2D eigenvalue weighted by Crippen LogP contribution is 2.34. The van der Waals surface area contributed by atoms with Crippen LogP contribution in [0.4, 0.5) is 0 Å². The van der Waals surface area contributed by atoms with Crippen molar-refractivity contribution >= 4 is 11.8 Å². The molecule has 0 unspecified atom stereocenters. The zero-order valence-electron chi connectivity index (χ0n) is 4.66. The summed E-state index contributed by atoms with van der Waals surface area (Å²) in [5.74, 6) is 0. The van der Waals surface area contributed by atoms with E-state index in [-0.39, 0.29) is 0 Å². The standard InChI is InChI=1S/C6H4N2S/c7-4-6(5-8)2-1-3-9-6/h1,3H,2H2. The molecule has 0 saturated carbocycles. The third-order valence-electron chi connectivity index (χ3n) is 1.13. The Morgan fingerprint density at radius 1 is 1.44 bits per heavy atom. The molecule has 44 valence electrons. The number of nitrogens with zero attached hydrogens (tertiary/aromatic N) is 2. The first-order valence-electron chi connectivity index (χ1n) is 2.48. The molecule has 1 aliphatic rings. The molecule has 0 aromatic rings. The van der Waals surface area contributed by atoms with Gasteiger partial charge in [0.05, 0.1) is 12.1 Å². The number of hydrogen-bond donors (Lipinski definition) is 0. The van der Waals surface area contributed by atoms with E-state index in [9.17, 15) is 0 Å². The summed E-state index contributed by atoms with van der Waals surface area (Å²) in [4.78, 5) is 0. The molecule has 0 radical (unpaired) electrons. The zero-order chi connectivity index (χ0) is 6.74. The lowest BCUT2D eigenvalue weighted by Crippen LogP contribution is -2.14. The van der Waals surface area contributed by atoms with Gasteiger partial charge in [-0.15, -0.1) is 0 Å². The van der Waals surface area contributed by atoms with Crippen LogP contribution < -0.4 is 0 Å². The molecule has 0 aliphatic carbocycles. The fourth-order valence-corrected chi connectivity index (χ4v) is 1.32. The third-order valence-corrected chi connectivity index (χ3v) is 2.21. The second-order valence-corrected chi connectivity index (χ2v) is 2.95. The van der Waals surface area contributed by atoms with Crippen LogP contribution in [0.3, 0.4) is 0 Å². The predicted molar refractivity (Wildman–Crippen MR) is 35.3 cm³/mol. The Hall–Kier alpha value is -0.930. The van der Waals surface area contributed by atoms with E-state index in [2.05, 4.69) is 0 Å². The maximum atomic E-state index is 8.48. The first-order valence-corrected chi connectivity index (χ1v) is 3.36. The number of thioether (sulfide) groups is 1. The fourth-order valence-electron chi connectivity index (χ4n) is 0.595. The minimum atomic E-state index is -0.806. The minimum absolute atomic E-state index is 0.560. The molecule has 0 fully saturated rings. The molecule has 2 nitrogen and oxygen atoms in total. The van der Waals surface area contributed by atoms with Gasteiger partial charge in [0.15, 0.2) is 4.75 Å². The molecule has 0 aromatic heterocycles. The highest BCUT2D eigenvalue weighted by Gasteiger charge is 2.31. The minimum Gasteiger partial charge on any atom is -0.196 e. The third kappa shape index (κ3) is 0.918. The molecule has 0 spiro atoms. The average molecular weight is 136 g/mol. The summed E-state index contributed by atoms with van der Waals surface area (Å²) in [6, 6.07) is 3.93. The molecule has 0 atom stereocenters. The van der Waals surface area contributed by atoms with Crippen LogP contribution >= 0.6 is 11.8 Å². The molecule has 0 bridgehead atoms. The Kier molecular flexibility index (Phi) is 1.46. The predicted octanol–water partition coefficient (Wildman–Crippen LogP) is 1.42. The van der Waals surface area contributed by atoms with Crippen molar-refractivity contribution in [3.05, 3.63) is 11.5 Å². The van der Waals surface area contributed by atoms with Crippen LogP contribution in [0, 0.1) is 22.7 Å². The SMILES string of the molecule is N#CC1(C#N)CC=CS1. The van der Waals surface area contributed by atoms with Gasteiger partial charge in [-0.05, 0) is 5.41 Å². The Labute approximate surface area is 57.8 Å². The second kappa shape index (κ2) is 2.13. The molecule has 3 heteroatoms. The van der Waals surface area contributed by atoms with Crippen molar-refractivity contribution < 1.29 is 0 Å². The first-order chi connectivity index (χ1) is 4.33. The van der Waals surface area contributed by atoms with Gasteiger partial charge in [-0.2, -0.15) is 10.5 Å². The van der Waals surface area contributed by atoms with Crippen LogP contribution in [0.25, 0.3) is 0 Å². The summed E-state index contributed by atoms with van der Waals surface area (Å²) in [5.41, 5.74) is 0. The first kappa shape index (κ1) is 6.19. The molecule has 9 heavy (non-hydrogen) atoms. The monoisotopic (exact) mass is 136 g/mol. The maximum absolute atomic E-state index is 8.48. The van der Waals surface area contributed by atoms with E-state index in [0.717, 1.165) is 0 Å². The molecule has 0 N–H and O–H groups in total. The number of allylic oxidation sites excluding steroid dienone is 1. The van der Waals surface area contributed by atoms with Gasteiger partial charge in [0.2, 0.25) is 0 Å². The summed E-state index contributed by atoms with van der Waals surface area (Å²) < 4.78 is -0.806. The second-order valence-electron chi connectivity index (χ2n) is 1.74. The summed E-state index contributed by atoms with van der Waals surface area (Å²) in [6.07, 6.45) is 2.40. The van der Waals surface area contributed by atoms with Crippen molar-refractivity contribution in [1.82, 2.24) is 0 Å². The van der Waals surface area contributed by atoms with Crippen LogP contribution in [-0.2, 0) is 0 Å². The van der Waals surface area contributed by atoms with E-state index < -0.39 is 4.75 Å². The van der Waals surface area contributed by atoms with Gasteiger partial charge in [-0.25, -0.2) is 0 Å². The zero-order valence-corrected chi connectivity index (χ0v) is 5.48. The molecule has 1 heterocycles. The van der Waals surface area contributed by atoms with Gasteiger partial charge in [-0.3, -0.25) is 0 Å². The molecular weight excluding hydrogens is 132 g/mol. The van der Waals surface area contributed by atoms with Crippen LogP contribution in [0.2, 0.25) is 0 Å². The highest BCUT2D eigenvalue weighted by molar-refractivity contribution is 8.04. The van der Waals surface area contributed by atoms with Gasteiger partial charge < -0.3 is 0 Å². The van der Waals surface area contributed by atoms with E-state index in [1.807, 2.05) is 18.2 Å². The van der Waals surface area contributed by atoms with E-state index in [1.165, 1.54) is 11.8 Å². The fraction of sp³-hybridized carbons (Fsp3) is 0.333. The topological polar surface area (TPSA) is 47.6 Å². The molecule has 0 saturated heterocycles. The van der Waals surface area contributed by atoms with E-state index >= 15 is 0 Å². The Morgan fingerprint density at radius 3 is 2.33 bits per heavy atom. The van der Waals surface area contributed by atoms with Crippen molar-refractivity contribution in [3.63, 3.8) is 0 Å². The van der Waals surface area contributed by atoms with Gasteiger partial charge in [0, 0.05) is 6.42 Å². The largest absolute Gasteiger partial charge is 0.196 e. The average Bonchev–Trinajstić information content (AvgIpc) is 2.36. The lowest BCUT2D eigenvalue weighted by Gasteiger charge is -2.05. The molecular formula is C6H4N2S. The van der Waals surface area contributed by atoms with E-state index in [4.69, 9.17) is 10.5 Å². The molecule has 0 amide bonds. The van der Waals surface area contributed by atoms with Crippen LogP contribution in [-0.4, -0.2) is 4.75 Å². The van der Waals surface area contributed by atoms with Gasteiger partial charge in [0.25, 0.3) is 0 Å². The van der Waals surface area contributed by atoms with Crippen molar-refractivity contribution in [1.29, 1.82) is 10.5 Å². The van der Waals surface area contributed by atoms with Gasteiger partial charge >= 0.3 is 0 Å². The number of nitriles is 2. The number of hydrogen-bond acceptors (Lipinski definition) is 3. The van der Waals surface area contributed by atoms with Gasteiger partial charge in [0.1, 0.15) is 0 Å². The summed E-state index contributed by atoms with van der Waals surface area (Å²) >= 11 is 1.29. The van der Waals surface area contributed by atoms with Crippen molar-refractivity contribution in [3.8, 4) is 12.1 Å². The van der Waals surface area contributed by atoms with Crippen molar-refractivity contribution in [2.24, 2.45) is 0 Å². The van der Waals surface area contributed by atoms with Crippen molar-refractivity contribution in [2.45, 2.75) is 11.2 Å². The Morgan fingerprint density at radius 2 is 2.11 bits per heavy atom. The van der Waals surface area contributed by atoms with Crippen LogP contribution in [0.15, 0.2) is 11.5 Å².